The molecule has 0 aromatic heterocycles. The number of ether oxygens (including phenoxy) is 12. The van der Waals surface area contributed by atoms with Crippen LogP contribution < -0.4 is 18.9 Å². The summed E-state index contributed by atoms with van der Waals surface area (Å²) in [6.45, 7) is 13.4. The van der Waals surface area contributed by atoms with Crippen LogP contribution in [0.1, 0.15) is 149 Å². The van der Waals surface area contributed by atoms with Crippen LogP contribution in [0.5, 0.6) is 46.0 Å². The van der Waals surface area contributed by atoms with Gasteiger partial charge in [0.1, 0.15) is 46.0 Å². The first-order valence-corrected chi connectivity index (χ1v) is 26.2. The molecule has 82 heavy (non-hydrogen) atoms. The highest BCUT2D eigenvalue weighted by molar-refractivity contribution is 5.99. The molecule has 0 bridgehead atoms. The molecule has 6 aromatic rings. The average Bonchev–Trinajstić information content (AvgIpc) is 3.54. The van der Waals surface area contributed by atoms with E-state index in [0.29, 0.717) is 11.1 Å². The van der Waals surface area contributed by atoms with Gasteiger partial charge in [-0.2, -0.15) is 0 Å². The van der Waals surface area contributed by atoms with Gasteiger partial charge in [-0.05, 0) is 164 Å². The SMILES string of the molecule is CCOC(=O)c1cc(Oc2cc(/C=C/c3cc(Oc4cc(C(=O)OCC)cc(C(=O)OCC)c4)cc(Oc4cc(C(=O)OCC)cc(C(=O)OCC)c4)c3)cc(Oc3cc(C(=O)OCC)cc(C(=O)OCC)c3)c2)cc(C(=O)OCC)c1. The first-order chi connectivity index (χ1) is 39.5. The molecule has 0 heterocycles. The fraction of sp³-hybridized carbons (Fsp3) is 0.258. The molecule has 20 heteroatoms. The van der Waals surface area contributed by atoms with E-state index in [2.05, 4.69) is 0 Å². The van der Waals surface area contributed by atoms with Gasteiger partial charge in [0.15, 0.2) is 0 Å². The summed E-state index contributed by atoms with van der Waals surface area (Å²) in [4.78, 5) is 104. The minimum Gasteiger partial charge on any atom is -0.462 e. The number of rotatable bonds is 26. The fourth-order valence-electron chi connectivity index (χ4n) is 7.64. The van der Waals surface area contributed by atoms with Crippen LogP contribution in [0.2, 0.25) is 0 Å². The van der Waals surface area contributed by atoms with Crippen molar-refractivity contribution in [1.29, 1.82) is 0 Å². The molecule has 0 spiro atoms. The van der Waals surface area contributed by atoms with Crippen LogP contribution in [0.4, 0.5) is 0 Å². The van der Waals surface area contributed by atoms with E-state index in [1.807, 2.05) is 0 Å². The number of benzene rings is 6. The van der Waals surface area contributed by atoms with Gasteiger partial charge in [-0.1, -0.05) is 12.2 Å². The Hall–Kier alpha value is -9.98. The van der Waals surface area contributed by atoms with Crippen molar-refractivity contribution in [3.63, 3.8) is 0 Å². The Labute approximate surface area is 472 Å². The van der Waals surface area contributed by atoms with E-state index in [0.717, 1.165) is 0 Å². The molecular formula is C62H60O20. The predicted molar refractivity (Wildman–Crippen MR) is 296 cm³/mol. The molecule has 0 saturated heterocycles. The topological polar surface area (TPSA) is 247 Å². The maximum atomic E-state index is 13.0. The molecule has 0 fully saturated rings. The molecule has 6 aromatic carbocycles. The van der Waals surface area contributed by atoms with E-state index in [1.54, 1.807) is 91.8 Å². The van der Waals surface area contributed by atoms with Crippen LogP contribution in [0.3, 0.4) is 0 Å². The lowest BCUT2D eigenvalue weighted by Gasteiger charge is -2.15. The van der Waals surface area contributed by atoms with Gasteiger partial charge in [0.25, 0.3) is 0 Å². The van der Waals surface area contributed by atoms with Gasteiger partial charge in [-0.25, -0.2) is 38.4 Å². The molecule has 0 N–H and O–H groups in total. The van der Waals surface area contributed by atoms with Crippen molar-refractivity contribution in [2.75, 3.05) is 52.9 Å². The number of esters is 8. The third kappa shape index (κ3) is 17.3. The zero-order valence-corrected chi connectivity index (χ0v) is 46.4. The van der Waals surface area contributed by atoms with Gasteiger partial charge in [0.05, 0.1) is 97.4 Å². The lowest BCUT2D eigenvalue weighted by molar-refractivity contribution is 0.0505. The van der Waals surface area contributed by atoms with Crippen LogP contribution in [-0.2, 0) is 37.9 Å². The number of carbonyl (C=O) groups excluding carboxylic acids is 8. The summed E-state index contributed by atoms with van der Waals surface area (Å²) in [6, 6.07) is 25.6. The highest BCUT2D eigenvalue weighted by atomic mass is 16.6. The monoisotopic (exact) mass is 1120 g/mol. The van der Waals surface area contributed by atoms with E-state index in [9.17, 15) is 38.4 Å². The molecule has 0 atom stereocenters. The Balaban J connectivity index is 1.53. The van der Waals surface area contributed by atoms with Crippen molar-refractivity contribution in [2.24, 2.45) is 0 Å². The van der Waals surface area contributed by atoms with Gasteiger partial charge < -0.3 is 56.8 Å². The van der Waals surface area contributed by atoms with Gasteiger partial charge in [0, 0.05) is 12.1 Å². The lowest BCUT2D eigenvalue weighted by Crippen LogP contribution is -2.10. The molecule has 0 saturated carbocycles. The second kappa shape index (κ2) is 29.8. The highest BCUT2D eigenvalue weighted by Gasteiger charge is 2.22. The summed E-state index contributed by atoms with van der Waals surface area (Å²) in [5, 5.41) is 0. The van der Waals surface area contributed by atoms with Gasteiger partial charge >= 0.3 is 47.8 Å². The molecule has 0 aliphatic rings. The van der Waals surface area contributed by atoms with E-state index < -0.39 is 47.8 Å². The minimum atomic E-state index is -0.732. The normalized spacial score (nSPS) is 10.7. The molecule has 0 unspecified atom stereocenters. The second-order valence-corrected chi connectivity index (χ2v) is 17.0. The first-order valence-electron chi connectivity index (χ1n) is 26.2. The highest BCUT2D eigenvalue weighted by Crippen LogP contribution is 2.36. The molecule has 0 aliphatic carbocycles. The van der Waals surface area contributed by atoms with Gasteiger partial charge in [-0.3, -0.25) is 0 Å². The first kappa shape index (κ1) is 61.2. The van der Waals surface area contributed by atoms with Crippen molar-refractivity contribution in [3.05, 3.63) is 165 Å². The quantitative estimate of drug-likeness (QED) is 0.0278. The number of carbonyl (C=O) groups is 8. The summed E-state index contributed by atoms with van der Waals surface area (Å²) >= 11 is 0. The second-order valence-electron chi connectivity index (χ2n) is 17.0. The van der Waals surface area contributed by atoms with Crippen LogP contribution in [0.25, 0.3) is 12.2 Å². The van der Waals surface area contributed by atoms with Gasteiger partial charge in [0.2, 0.25) is 0 Å². The van der Waals surface area contributed by atoms with Crippen LogP contribution in [0, 0.1) is 0 Å². The molecule has 20 nitrogen and oxygen atoms in total. The summed E-state index contributed by atoms with van der Waals surface area (Å²) in [6.07, 6.45) is 3.28. The summed E-state index contributed by atoms with van der Waals surface area (Å²) in [7, 11) is 0. The summed E-state index contributed by atoms with van der Waals surface area (Å²) in [5.41, 5.74) is 0.723. The average molecular weight is 1130 g/mol. The van der Waals surface area contributed by atoms with Crippen LogP contribution in [-0.4, -0.2) is 101 Å². The maximum Gasteiger partial charge on any atom is 0.338 e. The van der Waals surface area contributed by atoms with Crippen LogP contribution in [0.15, 0.2) is 109 Å². The lowest BCUT2D eigenvalue weighted by atomic mass is 10.1. The minimum absolute atomic E-state index is 0.00760. The molecule has 0 amide bonds. The maximum absolute atomic E-state index is 13.0. The van der Waals surface area contributed by atoms with Crippen molar-refractivity contribution < 1.29 is 95.2 Å². The Morgan fingerprint density at radius 2 is 0.378 bits per heavy atom. The van der Waals surface area contributed by atoms with Crippen molar-refractivity contribution in [1.82, 2.24) is 0 Å². The number of hydrogen-bond acceptors (Lipinski definition) is 20. The Bertz CT molecular complexity index is 2800. The van der Waals surface area contributed by atoms with Crippen LogP contribution >= 0.6 is 0 Å². The third-order valence-electron chi connectivity index (χ3n) is 10.9. The predicted octanol–water partition coefficient (Wildman–Crippen LogP) is 12.4. The van der Waals surface area contributed by atoms with Crippen molar-refractivity contribution >= 4 is 59.9 Å². The number of hydrogen-bond donors (Lipinski definition) is 0. The van der Waals surface area contributed by atoms with E-state index in [-0.39, 0.29) is 143 Å². The van der Waals surface area contributed by atoms with E-state index in [4.69, 9.17) is 56.8 Å². The summed E-state index contributed by atoms with van der Waals surface area (Å²) in [5.74, 6) is -5.37. The van der Waals surface area contributed by atoms with E-state index >= 15 is 0 Å². The zero-order chi connectivity index (χ0) is 59.3. The fourth-order valence-corrected chi connectivity index (χ4v) is 7.64. The molecular weight excluding hydrogens is 1060 g/mol. The summed E-state index contributed by atoms with van der Waals surface area (Å²) < 4.78 is 67.3. The molecule has 6 rings (SSSR count). The smallest absolute Gasteiger partial charge is 0.338 e. The molecule has 0 aliphatic heterocycles. The standard InChI is InChI=1S/C62H60O20/c1-9-71-55(63)39-23-40(56(64)72-10-2)28-51(27-39)79-47-19-37(20-48(35-47)80-52-29-41(57(65)73-11-3)24-42(30-52)58(66)74-12-4)17-18-38-21-49(81-53-31-43(59(67)75-13-5)25-44(32-53)60(68)76-14-6)36-50(22-38)82-54-33-45(61(69)77-15-7)26-46(34-54)62(70)78-16-8/h17-36H,9-16H2,1-8H3/b18-17+. The molecule has 0 radical (unpaired) electrons. The Morgan fingerprint density at radius 3 is 0.524 bits per heavy atom. The zero-order valence-electron chi connectivity index (χ0n) is 46.4. The third-order valence-corrected chi connectivity index (χ3v) is 10.9. The van der Waals surface area contributed by atoms with E-state index in [1.165, 1.54) is 84.9 Å². The van der Waals surface area contributed by atoms with Gasteiger partial charge in [-0.15, -0.1) is 0 Å². The Kier molecular flexibility index (Phi) is 22.3. The molecule has 428 valence electrons. The Morgan fingerprint density at radius 1 is 0.232 bits per heavy atom. The van der Waals surface area contributed by atoms with Crippen molar-refractivity contribution in [3.8, 4) is 46.0 Å². The largest absolute Gasteiger partial charge is 0.462 e. The van der Waals surface area contributed by atoms with Crippen molar-refractivity contribution in [2.45, 2.75) is 55.4 Å².